The lowest BCUT2D eigenvalue weighted by Gasteiger charge is -2.42. The lowest BCUT2D eigenvalue weighted by Crippen LogP contribution is -2.62. The van der Waals surface area contributed by atoms with Gasteiger partial charge in [-0.25, -0.2) is 26.9 Å². The van der Waals surface area contributed by atoms with Crippen molar-refractivity contribution in [3.8, 4) is 23.0 Å². The molecule has 3 saturated heterocycles. The molecule has 8 rings (SSSR count). The lowest BCUT2D eigenvalue weighted by atomic mass is 9.93. The first-order chi connectivity index (χ1) is 23.0. The first-order valence-electron chi connectivity index (χ1n) is 16.7. The molecule has 2 aromatic carbocycles. The van der Waals surface area contributed by atoms with Crippen LogP contribution >= 0.6 is 0 Å². The van der Waals surface area contributed by atoms with E-state index >= 15 is 13.2 Å². The molecule has 4 aliphatic heterocycles. The number of hydrogen-bond acceptors (Lipinski definition) is 8. The van der Waals surface area contributed by atoms with Crippen LogP contribution in [0.4, 0.5) is 27.8 Å². The standard InChI is InChI=1S/C32H31F5N6O2.C3H8/c1-15-10-20-23-27(25(36)26(38-20)18-12-17(44)11-16-4-5-19(33)24(35)22(16)18)40-31(45-14-32-6-2-8-42(32)9-3-7-32)41-30(23)43-13-21(34)39-29(37)28(15)43;1-3-2/h4-5,11-12,15,21,28-29,39,44H,2-3,6-10,13-14H2,1H3;3H2,1-2H3/t15-,21?,28?,29?;/m0./s1. The summed E-state index contributed by atoms with van der Waals surface area (Å²) in [6.07, 6.45) is 1.86. The number of nitrogens with one attached hydrogen (secondary N) is 1. The summed E-state index contributed by atoms with van der Waals surface area (Å²) < 4.78 is 83.0. The Labute approximate surface area is 275 Å². The molecule has 0 aliphatic carbocycles. The first-order valence-corrected chi connectivity index (χ1v) is 16.7. The Kier molecular flexibility index (Phi) is 8.55. The molecular formula is C35H39F5N6O2. The van der Waals surface area contributed by atoms with E-state index < -0.39 is 42.0 Å². The van der Waals surface area contributed by atoms with Crippen LogP contribution in [0.5, 0.6) is 11.8 Å². The summed E-state index contributed by atoms with van der Waals surface area (Å²) in [4.78, 5) is 17.6. The van der Waals surface area contributed by atoms with Gasteiger partial charge in [-0.15, -0.1) is 0 Å². The van der Waals surface area contributed by atoms with Crippen LogP contribution in [-0.2, 0) is 6.42 Å². The van der Waals surface area contributed by atoms with Crippen molar-refractivity contribution in [3.63, 3.8) is 0 Å². The van der Waals surface area contributed by atoms with Crippen molar-refractivity contribution < 1.29 is 31.8 Å². The van der Waals surface area contributed by atoms with Gasteiger partial charge in [0.2, 0.25) is 0 Å². The Morgan fingerprint density at radius 2 is 1.73 bits per heavy atom. The van der Waals surface area contributed by atoms with E-state index in [1.54, 1.807) is 6.92 Å². The van der Waals surface area contributed by atoms with E-state index in [4.69, 9.17) is 4.74 Å². The molecule has 0 radical (unpaired) electrons. The fourth-order valence-corrected chi connectivity index (χ4v) is 8.06. The van der Waals surface area contributed by atoms with E-state index in [0.717, 1.165) is 50.9 Å². The number of phenols is 1. The van der Waals surface area contributed by atoms with Gasteiger partial charge in [0.05, 0.1) is 29.2 Å². The summed E-state index contributed by atoms with van der Waals surface area (Å²) >= 11 is 0. The van der Waals surface area contributed by atoms with Gasteiger partial charge in [-0.05, 0) is 74.7 Å². The molecule has 3 fully saturated rings. The smallest absolute Gasteiger partial charge is 0.319 e. The van der Waals surface area contributed by atoms with E-state index in [9.17, 15) is 13.9 Å². The number of aromatic hydroxyl groups is 1. The Bertz CT molecular complexity index is 1870. The Balaban J connectivity index is 0.00000117. The van der Waals surface area contributed by atoms with E-state index in [2.05, 4.69) is 39.0 Å². The van der Waals surface area contributed by atoms with Crippen LogP contribution in [0.1, 0.15) is 58.6 Å². The van der Waals surface area contributed by atoms with Gasteiger partial charge in [-0.1, -0.05) is 33.3 Å². The highest BCUT2D eigenvalue weighted by Gasteiger charge is 2.46. The number of aromatic nitrogens is 3. The number of fused-ring (bicyclic) bond motifs is 4. The van der Waals surface area contributed by atoms with Crippen molar-refractivity contribution in [3.05, 3.63) is 47.4 Å². The average molecular weight is 671 g/mol. The van der Waals surface area contributed by atoms with Crippen molar-refractivity contribution in [2.75, 3.05) is 31.1 Å². The number of hydrogen-bond donors (Lipinski definition) is 2. The predicted molar refractivity (Wildman–Crippen MR) is 173 cm³/mol. The van der Waals surface area contributed by atoms with Gasteiger partial charge in [0.15, 0.2) is 30.0 Å². The Morgan fingerprint density at radius 3 is 2.46 bits per heavy atom. The maximum Gasteiger partial charge on any atom is 0.319 e. The number of nitrogens with zero attached hydrogens (tertiary/aromatic N) is 5. The van der Waals surface area contributed by atoms with Gasteiger partial charge in [0, 0.05) is 10.9 Å². The monoisotopic (exact) mass is 670 g/mol. The summed E-state index contributed by atoms with van der Waals surface area (Å²) in [7, 11) is 0. The SMILES string of the molecule is CCC.C[C@H]1Cc2nc(-c3cc(O)cc4ccc(F)c(F)c34)c(F)c3nc(OCC45CCCN4CCC5)nc(c23)N2CC(F)NC(F)C12. The van der Waals surface area contributed by atoms with E-state index in [1.165, 1.54) is 23.5 Å². The molecule has 4 aliphatic rings. The third-order valence-corrected chi connectivity index (χ3v) is 10.1. The minimum Gasteiger partial charge on any atom is -0.508 e. The van der Waals surface area contributed by atoms with Gasteiger partial charge in [0.1, 0.15) is 29.4 Å². The highest BCUT2D eigenvalue weighted by Crippen LogP contribution is 2.44. The van der Waals surface area contributed by atoms with Gasteiger partial charge in [-0.2, -0.15) is 9.97 Å². The fourth-order valence-electron chi connectivity index (χ4n) is 8.06. The molecule has 2 aromatic heterocycles. The number of halogens is 5. The second-order valence-electron chi connectivity index (χ2n) is 13.5. The van der Waals surface area contributed by atoms with Gasteiger partial charge < -0.3 is 14.7 Å². The number of rotatable bonds is 4. The van der Waals surface area contributed by atoms with Crippen LogP contribution in [0.15, 0.2) is 24.3 Å². The summed E-state index contributed by atoms with van der Waals surface area (Å²) in [5.41, 5.74) is -0.637. The molecule has 4 aromatic rings. The van der Waals surface area contributed by atoms with Crippen molar-refractivity contribution in [1.29, 1.82) is 0 Å². The number of anilines is 1. The van der Waals surface area contributed by atoms with Crippen LogP contribution in [0.3, 0.4) is 0 Å². The zero-order valence-electron chi connectivity index (χ0n) is 27.2. The quantitative estimate of drug-likeness (QED) is 0.178. The van der Waals surface area contributed by atoms with Crippen LogP contribution in [-0.4, -0.2) is 75.4 Å². The molecule has 0 bridgehead atoms. The molecule has 2 N–H and O–H groups in total. The number of pyridine rings is 1. The molecule has 0 spiro atoms. The normalized spacial score (nSPS) is 24.6. The zero-order valence-corrected chi connectivity index (χ0v) is 27.2. The second kappa shape index (κ2) is 12.6. The van der Waals surface area contributed by atoms with Gasteiger partial charge >= 0.3 is 6.01 Å². The number of ether oxygens (including phenoxy) is 1. The van der Waals surface area contributed by atoms with Crippen molar-refractivity contribution >= 4 is 27.5 Å². The first kappa shape index (κ1) is 32.7. The molecule has 8 nitrogen and oxygen atoms in total. The molecule has 6 heterocycles. The Morgan fingerprint density at radius 1 is 1.00 bits per heavy atom. The molecule has 256 valence electrons. The maximum atomic E-state index is 16.8. The molecule has 13 heteroatoms. The van der Waals surface area contributed by atoms with E-state index in [-0.39, 0.29) is 81.3 Å². The summed E-state index contributed by atoms with van der Waals surface area (Å²) in [5.74, 6) is -3.99. The topological polar surface area (TPSA) is 86.6 Å². The Hall–Kier alpha value is -3.84. The third-order valence-electron chi connectivity index (χ3n) is 10.1. The highest BCUT2D eigenvalue weighted by atomic mass is 19.2. The maximum absolute atomic E-state index is 16.8. The van der Waals surface area contributed by atoms with Crippen LogP contribution in [0.2, 0.25) is 0 Å². The molecule has 0 saturated carbocycles. The number of benzene rings is 2. The van der Waals surface area contributed by atoms with Crippen molar-refractivity contribution in [2.24, 2.45) is 5.92 Å². The second-order valence-corrected chi connectivity index (χ2v) is 13.5. The molecule has 48 heavy (non-hydrogen) atoms. The molecule has 0 amide bonds. The van der Waals surface area contributed by atoms with Crippen molar-refractivity contribution in [2.45, 2.75) is 83.5 Å². The summed E-state index contributed by atoms with van der Waals surface area (Å²) in [6.45, 7) is 7.98. The van der Waals surface area contributed by atoms with Crippen LogP contribution in [0, 0.1) is 23.4 Å². The molecule has 3 unspecified atom stereocenters. The zero-order chi connectivity index (χ0) is 33.9. The van der Waals surface area contributed by atoms with Gasteiger partial charge in [-0.3, -0.25) is 10.2 Å². The summed E-state index contributed by atoms with van der Waals surface area (Å²) in [5, 5.41) is 12.9. The molecule has 4 atom stereocenters. The highest BCUT2D eigenvalue weighted by molar-refractivity contribution is 6.01. The third kappa shape index (κ3) is 5.39. The fraction of sp³-hybridized carbons (Fsp3) is 0.514. The molecular weight excluding hydrogens is 631 g/mol. The predicted octanol–water partition coefficient (Wildman–Crippen LogP) is 6.95. The van der Waals surface area contributed by atoms with Crippen molar-refractivity contribution in [1.82, 2.24) is 25.2 Å². The van der Waals surface area contributed by atoms with Crippen LogP contribution in [0.25, 0.3) is 32.9 Å². The number of phenolic OH excluding ortho intramolecular Hbond substituents is 1. The number of piperazine rings is 1. The van der Waals surface area contributed by atoms with E-state index in [0.29, 0.717) is 0 Å². The minimum atomic E-state index is -1.76. The average Bonchev–Trinajstić information content (AvgIpc) is 3.60. The summed E-state index contributed by atoms with van der Waals surface area (Å²) in [6, 6.07) is 3.57. The van der Waals surface area contributed by atoms with Crippen LogP contribution < -0.4 is 15.0 Å². The lowest BCUT2D eigenvalue weighted by molar-refractivity contribution is 0.0886. The largest absolute Gasteiger partial charge is 0.508 e. The minimum absolute atomic E-state index is 0.106. The van der Waals surface area contributed by atoms with E-state index in [1.807, 2.05) is 0 Å². The number of alkyl halides is 2. The van der Waals surface area contributed by atoms with Gasteiger partial charge in [0.25, 0.3) is 0 Å².